The van der Waals surface area contributed by atoms with E-state index in [4.69, 9.17) is 10.5 Å². The van der Waals surface area contributed by atoms with E-state index in [2.05, 4.69) is 25.1 Å². The van der Waals surface area contributed by atoms with Gasteiger partial charge in [0.15, 0.2) is 5.82 Å². The number of anilines is 2. The molecule has 1 aliphatic heterocycles. The van der Waals surface area contributed by atoms with E-state index in [1.807, 2.05) is 16.4 Å². The molecule has 0 spiro atoms. The van der Waals surface area contributed by atoms with Gasteiger partial charge in [-0.1, -0.05) is 0 Å². The van der Waals surface area contributed by atoms with Crippen LogP contribution in [0.15, 0.2) is 6.33 Å². The number of aromatic nitrogens is 6. The first-order chi connectivity index (χ1) is 9.26. The van der Waals surface area contributed by atoms with E-state index in [0.717, 1.165) is 18.9 Å². The highest BCUT2D eigenvalue weighted by Gasteiger charge is 2.20. The summed E-state index contributed by atoms with van der Waals surface area (Å²) in [6, 6.07) is 0.247. The van der Waals surface area contributed by atoms with Crippen LogP contribution < -0.4 is 15.4 Å². The van der Waals surface area contributed by atoms with Crippen LogP contribution in [0.25, 0.3) is 0 Å². The Hall–Kier alpha value is -2.45. The first kappa shape index (κ1) is 11.6. The molecule has 0 saturated carbocycles. The van der Waals surface area contributed by atoms with E-state index in [9.17, 15) is 0 Å². The van der Waals surface area contributed by atoms with Crippen LogP contribution in [-0.2, 0) is 13.1 Å². The Morgan fingerprint density at radius 3 is 3.05 bits per heavy atom. The average molecular weight is 262 g/mol. The molecule has 0 aliphatic carbocycles. The highest BCUT2D eigenvalue weighted by atomic mass is 16.5. The molecule has 0 aromatic carbocycles. The van der Waals surface area contributed by atoms with Gasteiger partial charge >= 0.3 is 6.01 Å². The van der Waals surface area contributed by atoms with Crippen molar-refractivity contribution in [1.29, 1.82) is 0 Å². The topological polar surface area (TPSA) is 108 Å². The zero-order chi connectivity index (χ0) is 13.2. The first-order valence-electron chi connectivity index (χ1n) is 6.02. The Labute approximate surface area is 109 Å². The lowest BCUT2D eigenvalue weighted by atomic mass is 10.4. The summed E-state index contributed by atoms with van der Waals surface area (Å²) in [5.74, 6) is 1.54. The molecule has 9 nitrogen and oxygen atoms in total. The minimum atomic E-state index is 0.153. The summed E-state index contributed by atoms with van der Waals surface area (Å²) in [5, 5.41) is 7.93. The predicted octanol–water partition coefficient (Wildman–Crippen LogP) is -0.536. The van der Waals surface area contributed by atoms with Crippen LogP contribution in [0.2, 0.25) is 0 Å². The number of rotatable bonds is 3. The smallest absolute Gasteiger partial charge is 0.323 e. The third kappa shape index (κ3) is 2.26. The standard InChI is InChI=1S/C10H14N8O/c1-2-19-10-14-8(11)13-9(15-10)17-3-4-18-6-12-16-7(18)5-17/h6H,2-5H2,1H3,(H2,11,13,14,15). The summed E-state index contributed by atoms with van der Waals surface area (Å²) in [6.45, 7) is 4.49. The molecule has 0 fully saturated rings. The zero-order valence-corrected chi connectivity index (χ0v) is 10.5. The lowest BCUT2D eigenvalue weighted by molar-refractivity contribution is 0.312. The maximum atomic E-state index is 5.67. The van der Waals surface area contributed by atoms with Gasteiger partial charge in [0.25, 0.3) is 0 Å². The second-order valence-corrected chi connectivity index (χ2v) is 4.07. The Morgan fingerprint density at radius 1 is 1.32 bits per heavy atom. The molecule has 0 atom stereocenters. The molecule has 3 heterocycles. The molecule has 2 N–H and O–H groups in total. The van der Waals surface area contributed by atoms with Crippen molar-refractivity contribution in [2.75, 3.05) is 23.8 Å². The summed E-state index contributed by atoms with van der Waals surface area (Å²) in [6.07, 6.45) is 1.72. The molecule has 19 heavy (non-hydrogen) atoms. The van der Waals surface area contributed by atoms with Crippen LogP contribution in [-0.4, -0.2) is 42.9 Å². The molecule has 2 aromatic heterocycles. The van der Waals surface area contributed by atoms with Gasteiger partial charge in [0.05, 0.1) is 13.2 Å². The SMILES string of the molecule is CCOc1nc(N)nc(N2CCn3cnnc3C2)n1. The van der Waals surface area contributed by atoms with Gasteiger partial charge in [-0.2, -0.15) is 15.0 Å². The van der Waals surface area contributed by atoms with Gasteiger partial charge < -0.3 is 19.9 Å². The molecule has 0 unspecified atom stereocenters. The highest BCUT2D eigenvalue weighted by molar-refractivity contribution is 5.36. The maximum Gasteiger partial charge on any atom is 0.323 e. The van der Waals surface area contributed by atoms with Gasteiger partial charge in [-0.25, -0.2) is 0 Å². The highest BCUT2D eigenvalue weighted by Crippen LogP contribution is 2.18. The van der Waals surface area contributed by atoms with Crippen molar-refractivity contribution in [3.05, 3.63) is 12.2 Å². The third-order valence-electron chi connectivity index (χ3n) is 2.82. The molecule has 0 amide bonds. The zero-order valence-electron chi connectivity index (χ0n) is 10.5. The van der Waals surface area contributed by atoms with Crippen molar-refractivity contribution in [3.8, 4) is 6.01 Å². The van der Waals surface area contributed by atoms with E-state index in [1.165, 1.54) is 0 Å². The Morgan fingerprint density at radius 2 is 2.21 bits per heavy atom. The molecule has 1 aliphatic rings. The lowest BCUT2D eigenvalue weighted by Gasteiger charge is -2.26. The van der Waals surface area contributed by atoms with Crippen molar-refractivity contribution < 1.29 is 4.74 Å². The summed E-state index contributed by atoms with van der Waals surface area (Å²) in [7, 11) is 0. The summed E-state index contributed by atoms with van der Waals surface area (Å²) in [4.78, 5) is 14.3. The van der Waals surface area contributed by atoms with Crippen LogP contribution >= 0.6 is 0 Å². The van der Waals surface area contributed by atoms with Crippen molar-refractivity contribution in [2.24, 2.45) is 0 Å². The van der Waals surface area contributed by atoms with E-state index >= 15 is 0 Å². The molecule has 9 heteroatoms. The normalized spacial score (nSPS) is 14.3. The van der Waals surface area contributed by atoms with Crippen LogP contribution in [0.4, 0.5) is 11.9 Å². The predicted molar refractivity (Wildman–Crippen MR) is 66.5 cm³/mol. The second kappa shape index (κ2) is 4.67. The van der Waals surface area contributed by atoms with Crippen LogP contribution in [0.3, 0.4) is 0 Å². The Balaban J connectivity index is 1.87. The second-order valence-electron chi connectivity index (χ2n) is 4.07. The Bertz CT molecular complexity index is 583. The summed E-state index contributed by atoms with van der Waals surface area (Å²) < 4.78 is 7.28. The van der Waals surface area contributed by atoms with Gasteiger partial charge in [-0.15, -0.1) is 10.2 Å². The van der Waals surface area contributed by atoms with Crippen LogP contribution in [0, 0.1) is 0 Å². The van der Waals surface area contributed by atoms with E-state index in [0.29, 0.717) is 19.1 Å². The number of hydrogen-bond acceptors (Lipinski definition) is 8. The maximum absolute atomic E-state index is 5.67. The number of nitrogens with zero attached hydrogens (tertiary/aromatic N) is 7. The van der Waals surface area contributed by atoms with Crippen molar-refractivity contribution in [2.45, 2.75) is 20.0 Å². The number of ether oxygens (including phenoxy) is 1. The molecular formula is C10H14N8O. The minimum absolute atomic E-state index is 0.153. The van der Waals surface area contributed by atoms with Gasteiger partial charge in [-0.3, -0.25) is 0 Å². The molecular weight excluding hydrogens is 248 g/mol. The monoisotopic (exact) mass is 262 g/mol. The fourth-order valence-electron chi connectivity index (χ4n) is 1.93. The summed E-state index contributed by atoms with van der Waals surface area (Å²) >= 11 is 0. The van der Waals surface area contributed by atoms with Gasteiger partial charge in [0.1, 0.15) is 6.33 Å². The quantitative estimate of drug-likeness (QED) is 0.786. The van der Waals surface area contributed by atoms with Crippen molar-refractivity contribution in [3.63, 3.8) is 0 Å². The largest absolute Gasteiger partial charge is 0.464 e. The number of fused-ring (bicyclic) bond motifs is 1. The molecule has 0 bridgehead atoms. The fourth-order valence-corrected chi connectivity index (χ4v) is 1.93. The molecule has 2 aromatic rings. The summed E-state index contributed by atoms with van der Waals surface area (Å²) in [5.41, 5.74) is 5.67. The molecule has 0 saturated heterocycles. The molecule has 0 radical (unpaired) electrons. The van der Waals surface area contributed by atoms with E-state index < -0.39 is 0 Å². The van der Waals surface area contributed by atoms with Gasteiger partial charge in [-0.05, 0) is 6.92 Å². The van der Waals surface area contributed by atoms with Crippen molar-refractivity contribution >= 4 is 11.9 Å². The Kier molecular flexibility index (Phi) is 2.86. The third-order valence-corrected chi connectivity index (χ3v) is 2.82. The number of nitrogen functional groups attached to an aromatic ring is 1. The van der Waals surface area contributed by atoms with Crippen molar-refractivity contribution in [1.82, 2.24) is 29.7 Å². The number of hydrogen-bond donors (Lipinski definition) is 1. The number of nitrogens with two attached hydrogens (primary N) is 1. The minimum Gasteiger partial charge on any atom is -0.464 e. The van der Waals surface area contributed by atoms with Crippen LogP contribution in [0.5, 0.6) is 6.01 Å². The first-order valence-corrected chi connectivity index (χ1v) is 6.02. The van der Waals surface area contributed by atoms with E-state index in [-0.39, 0.29) is 12.0 Å². The fraction of sp³-hybridized carbons (Fsp3) is 0.500. The van der Waals surface area contributed by atoms with Gasteiger partial charge in [0.2, 0.25) is 11.9 Å². The van der Waals surface area contributed by atoms with E-state index in [1.54, 1.807) is 6.33 Å². The lowest BCUT2D eigenvalue weighted by Crippen LogP contribution is -2.35. The van der Waals surface area contributed by atoms with Crippen LogP contribution in [0.1, 0.15) is 12.7 Å². The molecule has 100 valence electrons. The average Bonchev–Trinajstić information content (AvgIpc) is 2.85. The van der Waals surface area contributed by atoms with Gasteiger partial charge in [0, 0.05) is 13.1 Å². The molecule has 3 rings (SSSR count).